The summed E-state index contributed by atoms with van der Waals surface area (Å²) in [5.74, 6) is 0.390. The molecule has 1 aromatic rings. The van der Waals surface area contributed by atoms with Crippen LogP contribution in [0.2, 0.25) is 0 Å². The Balaban J connectivity index is 2.72. The van der Waals surface area contributed by atoms with Gasteiger partial charge in [0.1, 0.15) is 0 Å². The molecule has 0 spiro atoms. The third-order valence-corrected chi connectivity index (χ3v) is 2.21. The van der Waals surface area contributed by atoms with E-state index in [-0.39, 0.29) is 13.5 Å². The highest BCUT2D eigenvalue weighted by Crippen LogP contribution is 2.12. The molecule has 1 aromatic heterocycles. The van der Waals surface area contributed by atoms with E-state index in [1.54, 1.807) is 0 Å². The number of hydrogen-bond acceptors (Lipinski definition) is 4. The number of aliphatic hydroxyl groups is 2. The van der Waals surface area contributed by atoms with Gasteiger partial charge in [-0.1, -0.05) is 19.9 Å². The van der Waals surface area contributed by atoms with Crippen LogP contribution in [-0.2, 0) is 6.54 Å². The molecular formula is C11H18N2O2. The van der Waals surface area contributed by atoms with Gasteiger partial charge < -0.3 is 10.2 Å². The van der Waals surface area contributed by atoms with Gasteiger partial charge in [0.05, 0.1) is 19.2 Å². The van der Waals surface area contributed by atoms with E-state index in [1.807, 2.05) is 18.2 Å². The summed E-state index contributed by atoms with van der Waals surface area (Å²) in [7, 11) is 0. The Morgan fingerprint density at radius 3 is 2.47 bits per heavy atom. The minimum atomic E-state index is -0.163. The number of pyridine rings is 1. The predicted molar refractivity (Wildman–Crippen MR) is 58.0 cm³/mol. The maximum atomic E-state index is 8.90. The molecule has 1 heterocycles. The van der Waals surface area contributed by atoms with Crippen LogP contribution < -0.4 is 0 Å². The van der Waals surface area contributed by atoms with Gasteiger partial charge in [0.25, 0.3) is 0 Å². The summed E-state index contributed by atoms with van der Waals surface area (Å²) in [5.41, 5.74) is 1.90. The van der Waals surface area contributed by atoms with E-state index in [0.29, 0.717) is 12.5 Å². The largest absolute Gasteiger partial charge is 0.381 e. The SMILES string of the molecule is CC(C)c1cccc(CN(CO)CO)n1. The van der Waals surface area contributed by atoms with Crippen molar-refractivity contribution >= 4 is 0 Å². The lowest BCUT2D eigenvalue weighted by atomic mass is 10.1. The van der Waals surface area contributed by atoms with Crippen LogP contribution in [-0.4, -0.2) is 33.6 Å². The van der Waals surface area contributed by atoms with Gasteiger partial charge in [-0.2, -0.15) is 0 Å². The number of aliphatic hydroxyl groups excluding tert-OH is 2. The first kappa shape index (κ1) is 12.1. The summed E-state index contributed by atoms with van der Waals surface area (Å²) in [6.45, 7) is 4.31. The Bertz CT molecular complexity index is 298. The highest BCUT2D eigenvalue weighted by Gasteiger charge is 2.06. The molecular weight excluding hydrogens is 192 g/mol. The number of rotatable bonds is 5. The smallest absolute Gasteiger partial charge is 0.0977 e. The van der Waals surface area contributed by atoms with Crippen molar-refractivity contribution in [1.82, 2.24) is 9.88 Å². The summed E-state index contributed by atoms with van der Waals surface area (Å²) in [6, 6.07) is 5.82. The molecule has 0 saturated heterocycles. The molecule has 0 unspecified atom stereocenters. The van der Waals surface area contributed by atoms with Crippen molar-refractivity contribution < 1.29 is 10.2 Å². The van der Waals surface area contributed by atoms with Crippen molar-refractivity contribution in [3.8, 4) is 0 Å². The average Bonchev–Trinajstić information content (AvgIpc) is 2.26. The Labute approximate surface area is 90.2 Å². The highest BCUT2D eigenvalue weighted by molar-refractivity contribution is 5.13. The number of aromatic nitrogens is 1. The van der Waals surface area contributed by atoms with Crippen molar-refractivity contribution in [3.05, 3.63) is 29.6 Å². The van der Waals surface area contributed by atoms with Crippen LogP contribution in [0.5, 0.6) is 0 Å². The monoisotopic (exact) mass is 210 g/mol. The summed E-state index contributed by atoms with van der Waals surface area (Å²) >= 11 is 0. The standard InChI is InChI=1S/C11H18N2O2/c1-9(2)11-5-3-4-10(12-11)6-13(7-14)8-15/h3-5,9,14-15H,6-8H2,1-2H3. The van der Waals surface area contributed by atoms with Crippen LogP contribution in [0.1, 0.15) is 31.2 Å². The molecule has 4 heteroatoms. The molecule has 0 aliphatic heterocycles. The molecule has 0 bridgehead atoms. The lowest BCUT2D eigenvalue weighted by Gasteiger charge is -2.16. The van der Waals surface area contributed by atoms with Crippen LogP contribution in [0, 0.1) is 0 Å². The maximum absolute atomic E-state index is 8.90. The molecule has 0 radical (unpaired) electrons. The minimum absolute atomic E-state index is 0.163. The van der Waals surface area contributed by atoms with Crippen LogP contribution in [0.4, 0.5) is 0 Å². The molecule has 0 fully saturated rings. The molecule has 0 amide bonds. The van der Waals surface area contributed by atoms with Crippen molar-refractivity contribution in [1.29, 1.82) is 0 Å². The van der Waals surface area contributed by atoms with Gasteiger partial charge in [0.2, 0.25) is 0 Å². The fraction of sp³-hybridized carbons (Fsp3) is 0.545. The van der Waals surface area contributed by atoms with Crippen molar-refractivity contribution in [2.45, 2.75) is 26.3 Å². The third-order valence-electron chi connectivity index (χ3n) is 2.21. The predicted octanol–water partition coefficient (Wildman–Crippen LogP) is 0.907. The molecule has 15 heavy (non-hydrogen) atoms. The first-order valence-electron chi connectivity index (χ1n) is 5.07. The molecule has 0 aromatic carbocycles. The molecule has 0 saturated carbocycles. The summed E-state index contributed by atoms with van der Waals surface area (Å²) < 4.78 is 0. The van der Waals surface area contributed by atoms with Crippen molar-refractivity contribution in [3.63, 3.8) is 0 Å². The van der Waals surface area contributed by atoms with Crippen LogP contribution in [0.15, 0.2) is 18.2 Å². The van der Waals surface area contributed by atoms with Crippen molar-refractivity contribution in [2.75, 3.05) is 13.5 Å². The van der Waals surface area contributed by atoms with E-state index in [0.717, 1.165) is 11.4 Å². The van der Waals surface area contributed by atoms with Gasteiger partial charge in [-0.3, -0.25) is 9.88 Å². The van der Waals surface area contributed by atoms with E-state index in [1.165, 1.54) is 4.90 Å². The van der Waals surface area contributed by atoms with Crippen LogP contribution in [0.25, 0.3) is 0 Å². The third kappa shape index (κ3) is 3.58. The zero-order valence-corrected chi connectivity index (χ0v) is 9.22. The molecule has 0 atom stereocenters. The fourth-order valence-corrected chi connectivity index (χ4v) is 1.28. The van der Waals surface area contributed by atoms with Gasteiger partial charge in [0, 0.05) is 12.2 Å². The second kappa shape index (κ2) is 5.80. The topological polar surface area (TPSA) is 56.6 Å². The van der Waals surface area contributed by atoms with E-state index < -0.39 is 0 Å². The normalized spacial score (nSPS) is 11.3. The molecule has 0 aliphatic rings. The highest BCUT2D eigenvalue weighted by atomic mass is 16.3. The zero-order valence-electron chi connectivity index (χ0n) is 9.22. The lowest BCUT2D eigenvalue weighted by molar-refractivity contribution is 0.0225. The number of nitrogens with zero attached hydrogens (tertiary/aromatic N) is 2. The second-order valence-electron chi connectivity index (χ2n) is 3.82. The van der Waals surface area contributed by atoms with Gasteiger partial charge in [-0.15, -0.1) is 0 Å². The number of hydrogen-bond donors (Lipinski definition) is 2. The summed E-state index contributed by atoms with van der Waals surface area (Å²) in [5, 5.41) is 17.8. The van der Waals surface area contributed by atoms with E-state index in [2.05, 4.69) is 18.8 Å². The van der Waals surface area contributed by atoms with Gasteiger partial charge in [0.15, 0.2) is 0 Å². The molecule has 1 rings (SSSR count). The molecule has 2 N–H and O–H groups in total. The van der Waals surface area contributed by atoms with Gasteiger partial charge in [-0.05, 0) is 18.1 Å². The van der Waals surface area contributed by atoms with E-state index in [4.69, 9.17) is 10.2 Å². The molecule has 0 aliphatic carbocycles. The lowest BCUT2D eigenvalue weighted by Crippen LogP contribution is -2.25. The molecule has 4 nitrogen and oxygen atoms in total. The minimum Gasteiger partial charge on any atom is -0.381 e. The first-order chi connectivity index (χ1) is 7.17. The zero-order chi connectivity index (χ0) is 11.3. The maximum Gasteiger partial charge on any atom is 0.0977 e. The van der Waals surface area contributed by atoms with Crippen LogP contribution in [0.3, 0.4) is 0 Å². The van der Waals surface area contributed by atoms with Gasteiger partial charge in [-0.25, -0.2) is 0 Å². The Hall–Kier alpha value is -0.970. The Morgan fingerprint density at radius 2 is 1.93 bits per heavy atom. The second-order valence-corrected chi connectivity index (χ2v) is 3.82. The van der Waals surface area contributed by atoms with Crippen molar-refractivity contribution in [2.24, 2.45) is 0 Å². The summed E-state index contributed by atoms with van der Waals surface area (Å²) in [6.07, 6.45) is 0. The van der Waals surface area contributed by atoms with Gasteiger partial charge >= 0.3 is 0 Å². The fourth-order valence-electron chi connectivity index (χ4n) is 1.28. The van der Waals surface area contributed by atoms with E-state index >= 15 is 0 Å². The Kier molecular flexibility index (Phi) is 4.68. The Morgan fingerprint density at radius 1 is 1.27 bits per heavy atom. The first-order valence-corrected chi connectivity index (χ1v) is 5.07. The quantitative estimate of drug-likeness (QED) is 0.709. The summed E-state index contributed by atoms with van der Waals surface area (Å²) in [4.78, 5) is 5.94. The molecule has 84 valence electrons. The van der Waals surface area contributed by atoms with Crippen LogP contribution >= 0.6 is 0 Å². The van der Waals surface area contributed by atoms with E-state index in [9.17, 15) is 0 Å². The average molecular weight is 210 g/mol.